The van der Waals surface area contributed by atoms with Gasteiger partial charge in [0.1, 0.15) is 0 Å². The van der Waals surface area contributed by atoms with E-state index in [0.717, 1.165) is 16.9 Å². The van der Waals surface area contributed by atoms with Crippen LogP contribution in [-0.4, -0.2) is 18.4 Å². The Morgan fingerprint density at radius 3 is 2.74 bits per heavy atom. The molecule has 2 aromatic rings. The highest BCUT2D eigenvalue weighted by Crippen LogP contribution is 2.27. The van der Waals surface area contributed by atoms with Crippen molar-refractivity contribution in [2.45, 2.75) is 24.1 Å². The van der Waals surface area contributed by atoms with Crippen LogP contribution < -0.4 is 4.72 Å². The summed E-state index contributed by atoms with van der Waals surface area (Å²) in [6.45, 7) is 3.37. The number of halogens is 1. The van der Waals surface area contributed by atoms with Crippen molar-refractivity contribution < 1.29 is 8.42 Å². The highest BCUT2D eigenvalue weighted by atomic mass is 35.5. The molecule has 2 rings (SSSR count). The Balaban J connectivity index is 2.25. The van der Waals surface area contributed by atoms with Crippen LogP contribution in [0.5, 0.6) is 0 Å². The molecule has 8 heteroatoms. The lowest BCUT2D eigenvalue weighted by Gasteiger charge is -2.13. The number of pyridine rings is 1. The van der Waals surface area contributed by atoms with Crippen LogP contribution in [0.15, 0.2) is 28.7 Å². The molecule has 0 amide bonds. The maximum atomic E-state index is 12.2. The van der Waals surface area contributed by atoms with Crippen LogP contribution >= 0.6 is 22.9 Å². The minimum atomic E-state index is -3.62. The Bertz CT molecular complexity index is 671. The number of sulfonamides is 1. The minimum Gasteiger partial charge on any atom is -0.264 e. The fourth-order valence-corrected chi connectivity index (χ4v) is 4.57. The Morgan fingerprint density at radius 1 is 1.47 bits per heavy atom. The van der Waals surface area contributed by atoms with E-state index in [1.807, 2.05) is 6.07 Å². The number of aromatic nitrogens is 2. The van der Waals surface area contributed by atoms with Crippen LogP contribution in [0.1, 0.15) is 24.2 Å². The second-order valence-electron chi connectivity index (χ2n) is 3.97. The first-order valence-corrected chi connectivity index (χ1v) is 8.13. The van der Waals surface area contributed by atoms with Gasteiger partial charge in [-0.05, 0) is 25.5 Å². The summed E-state index contributed by atoms with van der Waals surface area (Å²) in [4.78, 5) is 7.87. The second kappa shape index (κ2) is 5.54. The average Bonchev–Trinajstić information content (AvgIpc) is 2.70. The Labute approximate surface area is 120 Å². The SMILES string of the molecule is Cc1nc(Cl)sc1S(=O)(=O)NC(C)c1cccnc1. The first-order chi connectivity index (χ1) is 8.90. The standard InChI is InChI=1S/C11H12ClN3O2S2/c1-7(9-4-3-5-13-6-9)15-19(16,17)10-8(2)14-11(12)18-10/h3-7,15H,1-2H3. The third-order valence-electron chi connectivity index (χ3n) is 2.49. The number of thiazole rings is 1. The summed E-state index contributed by atoms with van der Waals surface area (Å²) < 4.78 is 27.4. The Kier molecular flexibility index (Phi) is 4.19. The van der Waals surface area contributed by atoms with Gasteiger partial charge in [-0.25, -0.2) is 18.1 Å². The lowest BCUT2D eigenvalue weighted by atomic mass is 10.2. The Morgan fingerprint density at radius 2 is 2.21 bits per heavy atom. The van der Waals surface area contributed by atoms with Crippen LogP contribution in [0.25, 0.3) is 0 Å². The molecule has 0 spiro atoms. The number of aryl methyl sites for hydroxylation is 1. The van der Waals surface area contributed by atoms with Crippen molar-refractivity contribution in [3.8, 4) is 0 Å². The number of rotatable bonds is 4. The molecule has 0 aliphatic carbocycles. The van der Waals surface area contributed by atoms with E-state index in [-0.39, 0.29) is 14.7 Å². The van der Waals surface area contributed by atoms with Crippen LogP contribution in [0.2, 0.25) is 4.47 Å². The van der Waals surface area contributed by atoms with Crippen molar-refractivity contribution in [1.29, 1.82) is 0 Å². The predicted octanol–water partition coefficient (Wildman–Crippen LogP) is 2.54. The third-order valence-corrected chi connectivity index (χ3v) is 5.90. The maximum Gasteiger partial charge on any atom is 0.252 e. The van der Waals surface area contributed by atoms with Gasteiger partial charge in [-0.1, -0.05) is 29.0 Å². The van der Waals surface area contributed by atoms with E-state index in [1.54, 1.807) is 32.3 Å². The van der Waals surface area contributed by atoms with Gasteiger partial charge in [0.05, 0.1) is 5.69 Å². The summed E-state index contributed by atoms with van der Waals surface area (Å²) in [5.74, 6) is 0. The maximum absolute atomic E-state index is 12.2. The third kappa shape index (κ3) is 3.30. The first-order valence-electron chi connectivity index (χ1n) is 5.45. The van der Waals surface area contributed by atoms with Crippen LogP contribution in [0.3, 0.4) is 0 Å². The van der Waals surface area contributed by atoms with Crippen molar-refractivity contribution in [2.24, 2.45) is 0 Å². The molecule has 1 N–H and O–H groups in total. The quantitative estimate of drug-likeness (QED) is 0.940. The topological polar surface area (TPSA) is 72.0 Å². The molecule has 0 fully saturated rings. The molecule has 19 heavy (non-hydrogen) atoms. The van der Waals surface area contributed by atoms with Crippen molar-refractivity contribution >= 4 is 33.0 Å². The van der Waals surface area contributed by atoms with Gasteiger partial charge >= 0.3 is 0 Å². The number of hydrogen-bond acceptors (Lipinski definition) is 5. The van der Waals surface area contributed by atoms with Crippen molar-refractivity contribution in [1.82, 2.24) is 14.7 Å². The van der Waals surface area contributed by atoms with Gasteiger partial charge in [0.15, 0.2) is 8.68 Å². The highest BCUT2D eigenvalue weighted by molar-refractivity contribution is 7.91. The lowest BCUT2D eigenvalue weighted by molar-refractivity contribution is 0.568. The average molecular weight is 318 g/mol. The molecule has 0 bridgehead atoms. The van der Waals surface area contributed by atoms with Gasteiger partial charge in [-0.2, -0.15) is 0 Å². The van der Waals surface area contributed by atoms with Gasteiger partial charge < -0.3 is 0 Å². The molecule has 0 radical (unpaired) electrons. The molecule has 0 aromatic carbocycles. The predicted molar refractivity (Wildman–Crippen MR) is 74.8 cm³/mol. The number of nitrogens with zero attached hydrogens (tertiary/aromatic N) is 2. The second-order valence-corrected chi connectivity index (χ2v) is 7.46. The molecular formula is C11H12ClN3O2S2. The summed E-state index contributed by atoms with van der Waals surface area (Å²) in [5.41, 5.74) is 1.19. The van der Waals surface area contributed by atoms with E-state index >= 15 is 0 Å². The van der Waals surface area contributed by atoms with E-state index in [9.17, 15) is 8.42 Å². The van der Waals surface area contributed by atoms with Crippen LogP contribution in [-0.2, 0) is 10.0 Å². The zero-order valence-electron chi connectivity index (χ0n) is 10.3. The first kappa shape index (κ1) is 14.4. The molecule has 0 saturated carbocycles. The molecule has 0 aliphatic rings. The molecule has 5 nitrogen and oxygen atoms in total. The smallest absolute Gasteiger partial charge is 0.252 e. The molecule has 2 heterocycles. The van der Waals surface area contributed by atoms with Crippen molar-refractivity contribution in [3.05, 3.63) is 40.3 Å². The molecule has 1 atom stereocenters. The van der Waals surface area contributed by atoms with E-state index < -0.39 is 10.0 Å². The van der Waals surface area contributed by atoms with Gasteiger partial charge in [0, 0.05) is 18.4 Å². The van der Waals surface area contributed by atoms with E-state index in [2.05, 4.69) is 14.7 Å². The van der Waals surface area contributed by atoms with Gasteiger partial charge in [-0.3, -0.25) is 4.98 Å². The van der Waals surface area contributed by atoms with Crippen LogP contribution in [0, 0.1) is 6.92 Å². The number of hydrogen-bond donors (Lipinski definition) is 1. The fourth-order valence-electron chi connectivity index (χ4n) is 1.59. The van der Waals surface area contributed by atoms with E-state index in [0.29, 0.717) is 5.69 Å². The fraction of sp³-hybridized carbons (Fsp3) is 0.273. The number of nitrogens with one attached hydrogen (secondary N) is 1. The molecule has 102 valence electrons. The molecule has 2 aromatic heterocycles. The summed E-state index contributed by atoms with van der Waals surface area (Å²) in [5, 5.41) is 0. The Hall–Kier alpha value is -1.02. The summed E-state index contributed by atoms with van der Waals surface area (Å²) in [6.07, 6.45) is 3.26. The molecule has 1 unspecified atom stereocenters. The van der Waals surface area contributed by atoms with E-state index in [1.165, 1.54) is 0 Å². The van der Waals surface area contributed by atoms with Gasteiger partial charge in [-0.15, -0.1) is 0 Å². The molecule has 0 aliphatic heterocycles. The van der Waals surface area contributed by atoms with Crippen LogP contribution in [0.4, 0.5) is 0 Å². The largest absolute Gasteiger partial charge is 0.264 e. The van der Waals surface area contributed by atoms with Gasteiger partial charge in [0.2, 0.25) is 0 Å². The zero-order chi connectivity index (χ0) is 14.0. The van der Waals surface area contributed by atoms with Gasteiger partial charge in [0.25, 0.3) is 10.0 Å². The molecular weight excluding hydrogens is 306 g/mol. The van der Waals surface area contributed by atoms with E-state index in [4.69, 9.17) is 11.6 Å². The van der Waals surface area contributed by atoms with Crippen molar-refractivity contribution in [3.63, 3.8) is 0 Å². The minimum absolute atomic E-state index is 0.147. The summed E-state index contributed by atoms with van der Waals surface area (Å²) in [6, 6.07) is 3.20. The van der Waals surface area contributed by atoms with Crippen molar-refractivity contribution in [2.75, 3.05) is 0 Å². The highest BCUT2D eigenvalue weighted by Gasteiger charge is 2.23. The normalized spacial score (nSPS) is 13.4. The lowest BCUT2D eigenvalue weighted by Crippen LogP contribution is -2.26. The summed E-state index contributed by atoms with van der Waals surface area (Å²) >= 11 is 6.68. The molecule has 0 saturated heterocycles. The zero-order valence-corrected chi connectivity index (χ0v) is 12.7. The summed E-state index contributed by atoms with van der Waals surface area (Å²) in [7, 11) is -3.62. The monoisotopic (exact) mass is 317 g/mol.